The molecule has 1 N–H and O–H groups in total. The Balaban J connectivity index is 1.76. The second-order valence-corrected chi connectivity index (χ2v) is 5.67. The third kappa shape index (κ3) is 3.35. The monoisotopic (exact) mass is 321 g/mol. The normalized spacial score (nSPS) is 13.1. The highest BCUT2D eigenvalue weighted by atomic mass is 16.2. The van der Waals surface area contributed by atoms with Crippen LogP contribution >= 0.6 is 0 Å². The molecule has 0 aliphatic carbocycles. The Hall–Kier alpha value is -2.95. The largest absolute Gasteiger partial charge is 0.347 e. The molecule has 5 heteroatoms. The minimum atomic E-state index is -0.312. The standard InChI is InChI=1S/C19H19N3O2/c1-2-9-21-18(23)17-12-15(7-10-20-17)19(24)22-11-8-14-5-3-4-6-16(14)13-22/h2-7,10,12H,1,8-9,11,13H2,(H,21,23). The molecule has 1 aliphatic rings. The molecule has 0 fully saturated rings. The molecule has 122 valence electrons. The predicted octanol–water partition coefficient (Wildman–Crippen LogP) is 2.20. The molecule has 0 bridgehead atoms. The third-order valence-corrected chi connectivity index (χ3v) is 4.06. The maximum absolute atomic E-state index is 12.7. The number of benzene rings is 1. The molecule has 2 aromatic rings. The first-order valence-electron chi connectivity index (χ1n) is 7.90. The van der Waals surface area contributed by atoms with Crippen LogP contribution in [0.4, 0.5) is 0 Å². The van der Waals surface area contributed by atoms with Gasteiger partial charge in [-0.1, -0.05) is 30.3 Å². The predicted molar refractivity (Wildman–Crippen MR) is 91.7 cm³/mol. The van der Waals surface area contributed by atoms with Crippen molar-refractivity contribution in [2.45, 2.75) is 13.0 Å². The zero-order chi connectivity index (χ0) is 16.9. The van der Waals surface area contributed by atoms with E-state index in [0.29, 0.717) is 25.2 Å². The topological polar surface area (TPSA) is 62.3 Å². The molecule has 0 saturated carbocycles. The summed E-state index contributed by atoms with van der Waals surface area (Å²) >= 11 is 0. The average molecular weight is 321 g/mol. The van der Waals surface area contributed by atoms with Gasteiger partial charge in [-0.15, -0.1) is 6.58 Å². The van der Waals surface area contributed by atoms with E-state index in [1.807, 2.05) is 17.0 Å². The molecule has 1 aliphatic heterocycles. The van der Waals surface area contributed by atoms with E-state index < -0.39 is 0 Å². The van der Waals surface area contributed by atoms with Gasteiger partial charge in [0.15, 0.2) is 0 Å². The van der Waals surface area contributed by atoms with E-state index in [0.717, 1.165) is 6.42 Å². The lowest BCUT2D eigenvalue weighted by molar-refractivity contribution is 0.0734. The number of carbonyl (C=O) groups excluding carboxylic acids is 2. The van der Waals surface area contributed by atoms with E-state index in [1.165, 1.54) is 17.3 Å². The average Bonchev–Trinajstić information content (AvgIpc) is 2.65. The van der Waals surface area contributed by atoms with Gasteiger partial charge in [0.25, 0.3) is 11.8 Å². The Morgan fingerprint density at radius 3 is 2.83 bits per heavy atom. The van der Waals surface area contributed by atoms with Gasteiger partial charge in [0.05, 0.1) is 0 Å². The maximum atomic E-state index is 12.7. The molecule has 3 rings (SSSR count). The summed E-state index contributed by atoms with van der Waals surface area (Å²) in [5.41, 5.74) is 3.18. The number of hydrogen-bond donors (Lipinski definition) is 1. The van der Waals surface area contributed by atoms with E-state index in [4.69, 9.17) is 0 Å². The van der Waals surface area contributed by atoms with Crippen LogP contribution < -0.4 is 5.32 Å². The highest BCUT2D eigenvalue weighted by molar-refractivity contribution is 5.98. The number of nitrogens with zero attached hydrogens (tertiary/aromatic N) is 2. The number of nitrogens with one attached hydrogen (secondary N) is 1. The Morgan fingerprint density at radius 1 is 1.25 bits per heavy atom. The highest BCUT2D eigenvalue weighted by Crippen LogP contribution is 2.20. The van der Waals surface area contributed by atoms with Crippen LogP contribution in [0.1, 0.15) is 32.0 Å². The Bertz CT molecular complexity index is 786. The van der Waals surface area contributed by atoms with Crippen molar-refractivity contribution in [3.05, 3.63) is 77.6 Å². The number of pyridine rings is 1. The first-order valence-corrected chi connectivity index (χ1v) is 7.90. The summed E-state index contributed by atoms with van der Waals surface area (Å²) < 4.78 is 0. The molecule has 0 spiro atoms. The van der Waals surface area contributed by atoms with Gasteiger partial charge >= 0.3 is 0 Å². The van der Waals surface area contributed by atoms with E-state index in [-0.39, 0.29) is 17.5 Å². The zero-order valence-electron chi connectivity index (χ0n) is 13.4. The second-order valence-electron chi connectivity index (χ2n) is 5.67. The Labute approximate surface area is 141 Å². The summed E-state index contributed by atoms with van der Waals surface area (Å²) in [5.74, 6) is -0.391. The van der Waals surface area contributed by atoms with Gasteiger partial charge < -0.3 is 10.2 Å². The van der Waals surface area contributed by atoms with Crippen molar-refractivity contribution in [3.8, 4) is 0 Å². The Kier molecular flexibility index (Phi) is 4.70. The van der Waals surface area contributed by atoms with E-state index in [1.54, 1.807) is 18.2 Å². The van der Waals surface area contributed by atoms with Crippen LogP contribution in [-0.4, -0.2) is 34.8 Å². The molecule has 0 radical (unpaired) electrons. The molecule has 24 heavy (non-hydrogen) atoms. The Morgan fingerprint density at radius 2 is 2.04 bits per heavy atom. The fourth-order valence-electron chi connectivity index (χ4n) is 2.79. The molecule has 0 atom stereocenters. The summed E-state index contributed by atoms with van der Waals surface area (Å²) in [5, 5.41) is 2.66. The van der Waals surface area contributed by atoms with E-state index in [9.17, 15) is 9.59 Å². The lowest BCUT2D eigenvalue weighted by Crippen LogP contribution is -2.36. The van der Waals surface area contributed by atoms with Crippen molar-refractivity contribution in [3.63, 3.8) is 0 Å². The first-order chi connectivity index (χ1) is 11.7. The van der Waals surface area contributed by atoms with E-state index >= 15 is 0 Å². The van der Waals surface area contributed by atoms with Gasteiger partial charge in [-0.2, -0.15) is 0 Å². The van der Waals surface area contributed by atoms with Crippen LogP contribution in [0.25, 0.3) is 0 Å². The number of amides is 2. The lowest BCUT2D eigenvalue weighted by Gasteiger charge is -2.29. The summed E-state index contributed by atoms with van der Waals surface area (Å²) in [6, 6.07) is 11.4. The number of carbonyl (C=O) groups is 2. The van der Waals surface area contributed by atoms with Crippen molar-refractivity contribution in [1.29, 1.82) is 0 Å². The number of rotatable bonds is 4. The molecular weight excluding hydrogens is 302 g/mol. The van der Waals surface area contributed by atoms with Crippen molar-refractivity contribution in [2.24, 2.45) is 0 Å². The van der Waals surface area contributed by atoms with Crippen LogP contribution in [-0.2, 0) is 13.0 Å². The molecule has 0 unspecified atom stereocenters. The molecule has 2 heterocycles. The summed E-state index contributed by atoms with van der Waals surface area (Å²) in [6.45, 7) is 5.19. The SMILES string of the molecule is C=CCNC(=O)c1cc(C(=O)N2CCc3ccccc3C2)ccn1. The summed E-state index contributed by atoms with van der Waals surface area (Å²) in [6.07, 6.45) is 3.94. The fourth-order valence-corrected chi connectivity index (χ4v) is 2.79. The van der Waals surface area contributed by atoms with Crippen molar-refractivity contribution < 1.29 is 9.59 Å². The lowest BCUT2D eigenvalue weighted by atomic mass is 9.99. The number of aromatic nitrogens is 1. The highest BCUT2D eigenvalue weighted by Gasteiger charge is 2.22. The summed E-state index contributed by atoms with van der Waals surface area (Å²) in [4.78, 5) is 30.6. The van der Waals surface area contributed by atoms with Crippen LogP contribution in [0.3, 0.4) is 0 Å². The van der Waals surface area contributed by atoms with Crippen LogP contribution in [0, 0.1) is 0 Å². The fraction of sp³-hybridized carbons (Fsp3) is 0.211. The van der Waals surface area contributed by atoms with Gasteiger partial charge in [-0.3, -0.25) is 14.6 Å². The van der Waals surface area contributed by atoms with Gasteiger partial charge in [0.1, 0.15) is 5.69 Å². The number of hydrogen-bond acceptors (Lipinski definition) is 3. The van der Waals surface area contributed by atoms with Gasteiger partial charge in [0.2, 0.25) is 0 Å². The summed E-state index contributed by atoms with van der Waals surface area (Å²) in [7, 11) is 0. The quantitative estimate of drug-likeness (QED) is 0.878. The first kappa shape index (κ1) is 15.9. The van der Waals surface area contributed by atoms with Crippen molar-refractivity contribution in [2.75, 3.05) is 13.1 Å². The second kappa shape index (κ2) is 7.08. The van der Waals surface area contributed by atoms with Crippen molar-refractivity contribution in [1.82, 2.24) is 15.2 Å². The van der Waals surface area contributed by atoms with Crippen LogP contribution in [0.2, 0.25) is 0 Å². The smallest absolute Gasteiger partial charge is 0.270 e. The van der Waals surface area contributed by atoms with Gasteiger partial charge in [0, 0.05) is 31.4 Å². The van der Waals surface area contributed by atoms with Crippen LogP contribution in [0.15, 0.2) is 55.3 Å². The molecule has 0 saturated heterocycles. The third-order valence-electron chi connectivity index (χ3n) is 4.06. The molecule has 2 amide bonds. The zero-order valence-corrected chi connectivity index (χ0v) is 13.4. The van der Waals surface area contributed by atoms with Gasteiger partial charge in [-0.25, -0.2) is 0 Å². The van der Waals surface area contributed by atoms with E-state index in [2.05, 4.69) is 29.0 Å². The van der Waals surface area contributed by atoms with Crippen molar-refractivity contribution >= 4 is 11.8 Å². The minimum absolute atomic E-state index is 0.0790. The maximum Gasteiger partial charge on any atom is 0.270 e. The van der Waals surface area contributed by atoms with Crippen LogP contribution in [0.5, 0.6) is 0 Å². The van der Waals surface area contributed by atoms with Gasteiger partial charge in [-0.05, 0) is 29.7 Å². The molecular formula is C19H19N3O2. The minimum Gasteiger partial charge on any atom is -0.347 e. The molecule has 1 aromatic heterocycles. The number of fused-ring (bicyclic) bond motifs is 1. The molecule has 5 nitrogen and oxygen atoms in total. The molecule has 1 aromatic carbocycles.